The highest BCUT2D eigenvalue weighted by molar-refractivity contribution is 6.30. The zero-order valence-corrected chi connectivity index (χ0v) is 13.1. The van der Waals surface area contributed by atoms with Gasteiger partial charge in [-0.15, -0.1) is 0 Å². The smallest absolute Gasteiger partial charge is 0.134 e. The molecule has 110 valence electrons. The quantitative estimate of drug-likeness (QED) is 0.650. The molecule has 0 amide bonds. The van der Waals surface area contributed by atoms with Crippen LogP contribution in [0.5, 0.6) is 0 Å². The van der Waals surface area contributed by atoms with Crippen molar-refractivity contribution in [2.75, 3.05) is 6.54 Å². The minimum Gasteiger partial charge on any atom is -0.294 e. The van der Waals surface area contributed by atoms with E-state index in [1.165, 1.54) is 22.1 Å². The predicted molar refractivity (Wildman–Crippen MR) is 91.0 cm³/mol. The van der Waals surface area contributed by atoms with Crippen LogP contribution < -0.4 is 0 Å². The van der Waals surface area contributed by atoms with Crippen LogP contribution in [0.2, 0.25) is 5.15 Å². The van der Waals surface area contributed by atoms with E-state index >= 15 is 0 Å². The van der Waals surface area contributed by atoms with Crippen LogP contribution in [0, 0.1) is 0 Å². The Kier molecular flexibility index (Phi) is 3.57. The van der Waals surface area contributed by atoms with Gasteiger partial charge in [-0.2, -0.15) is 0 Å². The van der Waals surface area contributed by atoms with Crippen LogP contribution in [0.25, 0.3) is 10.9 Å². The van der Waals surface area contributed by atoms with Gasteiger partial charge >= 0.3 is 0 Å². The summed E-state index contributed by atoms with van der Waals surface area (Å²) in [7, 11) is 0. The Morgan fingerprint density at radius 1 is 0.955 bits per heavy atom. The predicted octanol–water partition coefficient (Wildman–Crippen LogP) is 4.45. The second-order valence-corrected chi connectivity index (χ2v) is 6.18. The maximum Gasteiger partial charge on any atom is 0.134 e. The van der Waals surface area contributed by atoms with Gasteiger partial charge in [-0.25, -0.2) is 4.98 Å². The molecule has 1 aliphatic heterocycles. The summed E-state index contributed by atoms with van der Waals surface area (Å²) in [4.78, 5) is 7.01. The third kappa shape index (κ3) is 2.49. The van der Waals surface area contributed by atoms with Crippen LogP contribution in [-0.2, 0) is 19.5 Å². The molecule has 2 nitrogen and oxygen atoms in total. The summed E-state index contributed by atoms with van der Waals surface area (Å²) in [6.45, 7) is 2.90. The number of hydrogen-bond donors (Lipinski definition) is 0. The standard InChI is InChI=1S/C19H17ClN2/c20-19-17-13-22(12-14-6-2-1-3-7-14)11-10-15(17)16-8-4-5-9-18(16)21-19/h1-9H,10-13H2. The molecule has 0 saturated heterocycles. The van der Waals surface area contributed by atoms with Gasteiger partial charge in [-0.3, -0.25) is 4.90 Å². The molecular formula is C19H17ClN2. The largest absolute Gasteiger partial charge is 0.294 e. The fraction of sp³-hybridized carbons (Fsp3) is 0.211. The molecule has 22 heavy (non-hydrogen) atoms. The second kappa shape index (κ2) is 5.71. The van der Waals surface area contributed by atoms with Crippen LogP contribution in [0.15, 0.2) is 54.6 Å². The first-order valence-electron chi connectivity index (χ1n) is 7.63. The number of hydrogen-bond acceptors (Lipinski definition) is 2. The molecule has 0 fully saturated rings. The van der Waals surface area contributed by atoms with Crippen LogP contribution in [0.3, 0.4) is 0 Å². The van der Waals surface area contributed by atoms with Crippen molar-refractivity contribution in [3.8, 4) is 0 Å². The van der Waals surface area contributed by atoms with Crippen molar-refractivity contribution < 1.29 is 0 Å². The molecule has 0 bridgehead atoms. The van der Waals surface area contributed by atoms with Crippen molar-refractivity contribution in [3.05, 3.63) is 76.4 Å². The van der Waals surface area contributed by atoms with E-state index in [1.54, 1.807) is 0 Å². The summed E-state index contributed by atoms with van der Waals surface area (Å²) in [5.74, 6) is 0. The Morgan fingerprint density at radius 2 is 1.73 bits per heavy atom. The van der Waals surface area contributed by atoms with Crippen molar-refractivity contribution in [1.29, 1.82) is 0 Å². The van der Waals surface area contributed by atoms with Crippen LogP contribution in [-0.4, -0.2) is 16.4 Å². The lowest BCUT2D eigenvalue weighted by atomic mass is 9.96. The fourth-order valence-corrected chi connectivity index (χ4v) is 3.55. The third-order valence-electron chi connectivity index (χ3n) is 4.37. The summed E-state index contributed by atoms with van der Waals surface area (Å²) < 4.78 is 0. The molecule has 0 aliphatic carbocycles. The maximum absolute atomic E-state index is 6.45. The lowest BCUT2D eigenvalue weighted by Crippen LogP contribution is -2.30. The van der Waals surface area contributed by atoms with E-state index < -0.39 is 0 Å². The molecule has 0 radical (unpaired) electrons. The Morgan fingerprint density at radius 3 is 2.59 bits per heavy atom. The highest BCUT2D eigenvalue weighted by Crippen LogP contribution is 2.31. The second-order valence-electron chi connectivity index (χ2n) is 5.82. The van der Waals surface area contributed by atoms with Crippen molar-refractivity contribution in [2.45, 2.75) is 19.5 Å². The normalized spacial score (nSPS) is 15.0. The van der Waals surface area contributed by atoms with Gasteiger partial charge in [-0.1, -0.05) is 60.1 Å². The van der Waals surface area contributed by atoms with E-state index in [2.05, 4.69) is 52.3 Å². The number of fused-ring (bicyclic) bond motifs is 3. The number of halogens is 1. The van der Waals surface area contributed by atoms with Gasteiger partial charge in [0.25, 0.3) is 0 Å². The van der Waals surface area contributed by atoms with Crippen molar-refractivity contribution in [2.24, 2.45) is 0 Å². The molecule has 0 atom stereocenters. The zero-order chi connectivity index (χ0) is 14.9. The number of benzene rings is 2. The SMILES string of the molecule is Clc1nc2ccccc2c2c1CN(Cc1ccccc1)CC2. The van der Waals surface area contributed by atoms with Crippen LogP contribution in [0.4, 0.5) is 0 Å². The number of aromatic nitrogens is 1. The topological polar surface area (TPSA) is 16.1 Å². The van der Waals surface area contributed by atoms with E-state index in [4.69, 9.17) is 11.6 Å². The summed E-state index contributed by atoms with van der Waals surface area (Å²) >= 11 is 6.45. The molecule has 2 heterocycles. The van der Waals surface area contributed by atoms with E-state index in [1.807, 2.05) is 12.1 Å². The molecule has 3 heteroatoms. The molecule has 0 unspecified atom stereocenters. The number of para-hydroxylation sites is 1. The Balaban J connectivity index is 1.67. The Hall–Kier alpha value is -1.90. The summed E-state index contributed by atoms with van der Waals surface area (Å²) in [5, 5.41) is 1.91. The molecule has 0 spiro atoms. The monoisotopic (exact) mass is 308 g/mol. The third-order valence-corrected chi connectivity index (χ3v) is 4.68. The van der Waals surface area contributed by atoms with Gasteiger partial charge in [0.15, 0.2) is 0 Å². The lowest BCUT2D eigenvalue weighted by molar-refractivity contribution is 0.246. The van der Waals surface area contributed by atoms with Gasteiger partial charge < -0.3 is 0 Å². The number of pyridine rings is 1. The summed E-state index contributed by atoms with van der Waals surface area (Å²) in [5.41, 5.74) is 4.92. The number of rotatable bonds is 2. The maximum atomic E-state index is 6.45. The van der Waals surface area contributed by atoms with E-state index in [0.717, 1.165) is 31.6 Å². The molecule has 3 aromatic rings. The highest BCUT2D eigenvalue weighted by Gasteiger charge is 2.21. The van der Waals surface area contributed by atoms with E-state index in [9.17, 15) is 0 Å². The Bertz CT molecular complexity index is 814. The Labute approximate surface area is 135 Å². The average Bonchev–Trinajstić information content (AvgIpc) is 2.56. The minimum absolute atomic E-state index is 0.659. The van der Waals surface area contributed by atoms with E-state index in [-0.39, 0.29) is 0 Å². The van der Waals surface area contributed by atoms with Crippen molar-refractivity contribution >= 4 is 22.5 Å². The molecule has 1 aromatic heterocycles. The first-order valence-corrected chi connectivity index (χ1v) is 8.01. The lowest BCUT2D eigenvalue weighted by Gasteiger charge is -2.30. The highest BCUT2D eigenvalue weighted by atomic mass is 35.5. The van der Waals surface area contributed by atoms with Crippen molar-refractivity contribution in [3.63, 3.8) is 0 Å². The minimum atomic E-state index is 0.659. The van der Waals surface area contributed by atoms with Crippen LogP contribution in [0.1, 0.15) is 16.7 Å². The zero-order valence-electron chi connectivity index (χ0n) is 12.3. The molecule has 4 rings (SSSR count). The van der Waals surface area contributed by atoms with Gasteiger partial charge in [0.05, 0.1) is 5.52 Å². The van der Waals surface area contributed by atoms with Crippen molar-refractivity contribution in [1.82, 2.24) is 9.88 Å². The molecule has 0 N–H and O–H groups in total. The first kappa shape index (κ1) is 13.7. The van der Waals surface area contributed by atoms with Gasteiger partial charge in [0.1, 0.15) is 5.15 Å². The van der Waals surface area contributed by atoms with Gasteiger partial charge in [0.2, 0.25) is 0 Å². The first-order chi connectivity index (χ1) is 10.8. The molecular weight excluding hydrogens is 292 g/mol. The van der Waals surface area contributed by atoms with Crippen LogP contribution >= 0.6 is 11.6 Å². The fourth-order valence-electron chi connectivity index (χ4n) is 3.28. The van der Waals surface area contributed by atoms with E-state index in [0.29, 0.717) is 5.15 Å². The molecule has 2 aromatic carbocycles. The number of nitrogens with zero attached hydrogens (tertiary/aromatic N) is 2. The van der Waals surface area contributed by atoms with Gasteiger partial charge in [-0.05, 0) is 23.6 Å². The average molecular weight is 309 g/mol. The summed E-state index contributed by atoms with van der Waals surface area (Å²) in [6.07, 6.45) is 1.03. The molecule has 0 saturated carbocycles. The van der Waals surface area contributed by atoms with Gasteiger partial charge in [0, 0.05) is 30.6 Å². The summed E-state index contributed by atoms with van der Waals surface area (Å²) in [6, 6.07) is 18.9. The molecule has 1 aliphatic rings.